The second kappa shape index (κ2) is 7.89. The molecular weight excluding hydrogens is 452 g/mol. The normalized spacial score (nSPS) is 19.4. The first-order chi connectivity index (χ1) is 15.3. The summed E-state index contributed by atoms with van der Waals surface area (Å²) < 4.78 is 24.6. The number of hydrogen-bond acceptors (Lipinski definition) is 11. The van der Waals surface area contributed by atoms with Gasteiger partial charge in [-0.15, -0.1) is 5.23 Å². The standard InChI is InChI=1S/C20H20N6O4S2/c1-12-7-8-15(13-9-10-30-26(27)16-6-4-3-5-14(13)16)24-25(12)19-17-18(21-11-22-19)23-20(31-17)32(2,28)29/h3-6,9,11-12,27H,7-8,10H2,1-2H3. The molecule has 166 valence electrons. The lowest BCUT2D eigenvalue weighted by molar-refractivity contribution is -0.0275. The fourth-order valence-corrected chi connectivity index (χ4v) is 5.59. The van der Waals surface area contributed by atoms with Gasteiger partial charge >= 0.3 is 0 Å². The zero-order chi connectivity index (χ0) is 22.5. The Labute approximate surface area is 188 Å². The first-order valence-electron chi connectivity index (χ1n) is 9.93. The number of benzene rings is 1. The Morgan fingerprint density at radius 1 is 1.25 bits per heavy atom. The number of aromatic nitrogens is 3. The maximum atomic E-state index is 12.0. The van der Waals surface area contributed by atoms with Gasteiger partial charge in [-0.3, -0.25) is 5.21 Å². The summed E-state index contributed by atoms with van der Waals surface area (Å²) in [4.78, 5) is 18.1. The lowest BCUT2D eigenvalue weighted by Gasteiger charge is -2.31. The summed E-state index contributed by atoms with van der Waals surface area (Å²) in [5.74, 6) is 0.523. The fourth-order valence-electron chi connectivity index (χ4n) is 3.75. The monoisotopic (exact) mass is 472 g/mol. The number of rotatable bonds is 3. The van der Waals surface area contributed by atoms with Crippen molar-refractivity contribution in [3.05, 3.63) is 42.2 Å². The number of nitrogens with zero attached hydrogens (tertiary/aromatic N) is 6. The molecule has 5 rings (SSSR count). The molecule has 1 N–H and O–H groups in total. The highest BCUT2D eigenvalue weighted by Gasteiger charge is 2.29. The lowest BCUT2D eigenvalue weighted by Crippen LogP contribution is -2.35. The molecular formula is C20H20N6O4S2. The van der Waals surface area contributed by atoms with Crippen LogP contribution in [0.15, 0.2) is 46.1 Å². The van der Waals surface area contributed by atoms with Gasteiger partial charge in [0.2, 0.25) is 14.2 Å². The van der Waals surface area contributed by atoms with Crippen molar-refractivity contribution in [2.75, 3.05) is 23.1 Å². The Hall–Kier alpha value is -2.93. The van der Waals surface area contributed by atoms with Gasteiger partial charge in [0.05, 0.1) is 18.4 Å². The predicted molar refractivity (Wildman–Crippen MR) is 122 cm³/mol. The van der Waals surface area contributed by atoms with Gasteiger partial charge in [0.15, 0.2) is 11.5 Å². The molecule has 32 heavy (non-hydrogen) atoms. The van der Waals surface area contributed by atoms with E-state index in [1.54, 1.807) is 11.1 Å². The highest BCUT2D eigenvalue weighted by atomic mass is 32.2. The first-order valence-corrected chi connectivity index (χ1v) is 12.6. The summed E-state index contributed by atoms with van der Waals surface area (Å²) in [6.45, 7) is 2.24. The van der Waals surface area contributed by atoms with Crippen molar-refractivity contribution < 1.29 is 18.5 Å². The molecule has 0 fully saturated rings. The zero-order valence-electron chi connectivity index (χ0n) is 17.3. The second-order valence-electron chi connectivity index (χ2n) is 7.58. The number of fused-ring (bicyclic) bond motifs is 2. The maximum absolute atomic E-state index is 12.0. The highest BCUT2D eigenvalue weighted by molar-refractivity contribution is 7.92. The molecule has 2 aromatic heterocycles. The van der Waals surface area contributed by atoms with Crippen LogP contribution >= 0.6 is 11.3 Å². The number of allylic oxidation sites excluding steroid dienone is 1. The quantitative estimate of drug-likeness (QED) is 0.613. The van der Waals surface area contributed by atoms with Crippen molar-refractivity contribution in [3.8, 4) is 0 Å². The Kier molecular flexibility index (Phi) is 5.16. The number of anilines is 2. The molecule has 1 unspecified atom stereocenters. The molecule has 0 spiro atoms. The van der Waals surface area contributed by atoms with Crippen molar-refractivity contribution >= 4 is 54.3 Å². The van der Waals surface area contributed by atoms with Gasteiger partial charge < -0.3 is 0 Å². The number of sulfone groups is 1. The van der Waals surface area contributed by atoms with Gasteiger partial charge in [0.25, 0.3) is 0 Å². The van der Waals surface area contributed by atoms with Crippen molar-refractivity contribution in [2.24, 2.45) is 5.10 Å². The minimum atomic E-state index is -3.46. The van der Waals surface area contributed by atoms with Crippen LogP contribution in [-0.4, -0.2) is 53.2 Å². The van der Waals surface area contributed by atoms with E-state index in [0.29, 0.717) is 21.9 Å². The van der Waals surface area contributed by atoms with Gasteiger partial charge in [0, 0.05) is 17.4 Å². The Morgan fingerprint density at radius 2 is 2.06 bits per heavy atom. The molecule has 2 aliphatic heterocycles. The first kappa shape index (κ1) is 20.9. The average molecular weight is 473 g/mol. The second-order valence-corrected chi connectivity index (χ2v) is 10.8. The molecule has 0 saturated carbocycles. The third kappa shape index (κ3) is 3.64. The summed E-state index contributed by atoms with van der Waals surface area (Å²) in [7, 11) is -3.46. The van der Waals surface area contributed by atoms with E-state index in [1.807, 2.05) is 31.2 Å². The van der Waals surface area contributed by atoms with Crippen LogP contribution in [0.2, 0.25) is 0 Å². The van der Waals surface area contributed by atoms with Crippen LogP contribution in [0.4, 0.5) is 11.5 Å². The van der Waals surface area contributed by atoms with Crippen LogP contribution in [0.3, 0.4) is 0 Å². The van der Waals surface area contributed by atoms with Gasteiger partial charge in [-0.25, -0.2) is 33.2 Å². The SMILES string of the molecule is CC1CCC(C2=CCON(O)c3ccccc32)=NN1c1ncnc2nc(S(C)(=O)=O)sc12. The molecule has 0 saturated heterocycles. The van der Waals surface area contributed by atoms with Crippen LogP contribution < -0.4 is 10.2 Å². The van der Waals surface area contributed by atoms with Crippen molar-refractivity contribution in [1.82, 2.24) is 15.0 Å². The third-order valence-electron chi connectivity index (χ3n) is 5.33. The number of hydrazone groups is 1. The van der Waals surface area contributed by atoms with E-state index in [9.17, 15) is 13.6 Å². The van der Waals surface area contributed by atoms with Crippen LogP contribution in [0.25, 0.3) is 15.9 Å². The molecule has 1 aromatic carbocycles. The molecule has 1 atom stereocenters. The van der Waals surface area contributed by atoms with E-state index < -0.39 is 9.84 Å². The van der Waals surface area contributed by atoms with E-state index in [2.05, 4.69) is 15.0 Å². The van der Waals surface area contributed by atoms with Crippen molar-refractivity contribution in [3.63, 3.8) is 0 Å². The summed E-state index contributed by atoms with van der Waals surface area (Å²) in [6, 6.07) is 7.44. The smallest absolute Gasteiger partial charge is 0.211 e. The molecule has 2 aliphatic rings. The van der Waals surface area contributed by atoms with Gasteiger partial charge in [-0.05, 0) is 31.9 Å². The van der Waals surface area contributed by atoms with Crippen LogP contribution in [-0.2, 0) is 14.7 Å². The molecule has 0 aliphatic carbocycles. The van der Waals surface area contributed by atoms with Crippen LogP contribution in [0, 0.1) is 0 Å². The molecule has 4 heterocycles. The van der Waals surface area contributed by atoms with E-state index in [4.69, 9.17) is 9.94 Å². The zero-order valence-corrected chi connectivity index (χ0v) is 19.0. The largest absolute Gasteiger partial charge is 0.264 e. The molecule has 10 nitrogen and oxygen atoms in total. The molecule has 12 heteroatoms. The Bertz CT molecular complexity index is 1370. The predicted octanol–water partition coefficient (Wildman–Crippen LogP) is 3.06. The number of hydrogen-bond donors (Lipinski definition) is 1. The Balaban J connectivity index is 1.62. The van der Waals surface area contributed by atoms with Crippen molar-refractivity contribution in [2.45, 2.75) is 30.1 Å². The van der Waals surface area contributed by atoms with E-state index in [1.165, 1.54) is 6.33 Å². The minimum Gasteiger partial charge on any atom is -0.264 e. The lowest BCUT2D eigenvalue weighted by atomic mass is 9.94. The number of para-hydroxylation sites is 1. The van der Waals surface area contributed by atoms with Gasteiger partial charge in [-0.2, -0.15) is 5.10 Å². The third-order valence-corrected chi connectivity index (χ3v) is 8.05. The number of thiazole rings is 1. The summed E-state index contributed by atoms with van der Waals surface area (Å²) in [5, 5.41) is 17.7. The highest BCUT2D eigenvalue weighted by Crippen LogP contribution is 2.37. The van der Waals surface area contributed by atoms with Crippen molar-refractivity contribution in [1.29, 1.82) is 0 Å². The molecule has 0 radical (unpaired) electrons. The maximum Gasteiger partial charge on any atom is 0.211 e. The Morgan fingerprint density at radius 3 is 2.88 bits per heavy atom. The molecule has 0 amide bonds. The summed E-state index contributed by atoms with van der Waals surface area (Å²) >= 11 is 1.05. The van der Waals surface area contributed by atoms with E-state index >= 15 is 0 Å². The van der Waals surface area contributed by atoms with Gasteiger partial charge in [-0.1, -0.05) is 29.5 Å². The topological polar surface area (TPSA) is 121 Å². The summed E-state index contributed by atoms with van der Waals surface area (Å²) in [6.07, 6.45) is 5.93. The fraction of sp³-hybridized carbons (Fsp3) is 0.300. The molecule has 0 bridgehead atoms. The van der Waals surface area contributed by atoms with Crippen LogP contribution in [0.5, 0.6) is 0 Å². The minimum absolute atomic E-state index is 0.00343. The average Bonchev–Trinajstić information content (AvgIpc) is 3.16. The van der Waals surface area contributed by atoms with E-state index in [0.717, 1.165) is 52.5 Å². The van der Waals surface area contributed by atoms with Crippen LogP contribution in [0.1, 0.15) is 25.3 Å². The molecule has 3 aromatic rings. The summed E-state index contributed by atoms with van der Waals surface area (Å²) in [5.41, 5.74) is 3.38. The van der Waals surface area contributed by atoms with E-state index in [-0.39, 0.29) is 17.0 Å². The van der Waals surface area contributed by atoms with Gasteiger partial charge in [0.1, 0.15) is 16.7 Å².